The molecular weight excluding hydrogens is 601 g/mol. The summed E-state index contributed by atoms with van der Waals surface area (Å²) in [6, 6.07) is 44.3. The fraction of sp³-hybridized carbons (Fsp3) is 0.156. The summed E-state index contributed by atoms with van der Waals surface area (Å²) < 4.78 is 0. The van der Waals surface area contributed by atoms with Crippen molar-refractivity contribution in [3.8, 4) is 56.0 Å². The summed E-state index contributed by atoms with van der Waals surface area (Å²) in [7, 11) is 0. The number of fused-ring (bicyclic) bond motifs is 4. The van der Waals surface area contributed by atoms with Crippen LogP contribution in [-0.2, 0) is 11.8 Å². The Morgan fingerprint density at radius 1 is 0.667 bits per heavy atom. The molecule has 0 fully saturated rings. The lowest BCUT2D eigenvalue weighted by Gasteiger charge is -2.30. The Balaban J connectivity index is 1.08. The van der Waals surface area contributed by atoms with Gasteiger partial charge in [-0.3, -0.25) is 0 Å². The SMILES string of the molecule is C=C/C=C1\Cc2nc(-c3ccc(-c4ccc(-c5ccc6c(c5)-c5ccccc5C6(CC)CCC)cc4)cc3)nc(-c3ccccc3)c2S1. The van der Waals surface area contributed by atoms with Crippen molar-refractivity contribution in [2.45, 2.75) is 49.8 Å². The van der Waals surface area contributed by atoms with Gasteiger partial charge in [0.25, 0.3) is 0 Å². The lowest BCUT2D eigenvalue weighted by Crippen LogP contribution is -2.23. The van der Waals surface area contributed by atoms with E-state index in [-0.39, 0.29) is 5.41 Å². The van der Waals surface area contributed by atoms with Gasteiger partial charge >= 0.3 is 0 Å². The van der Waals surface area contributed by atoms with Crippen molar-refractivity contribution < 1.29 is 0 Å². The van der Waals surface area contributed by atoms with Crippen LogP contribution in [0.25, 0.3) is 56.0 Å². The van der Waals surface area contributed by atoms with Crippen LogP contribution in [0.5, 0.6) is 0 Å². The second-order valence-corrected chi connectivity index (χ2v) is 14.0. The minimum absolute atomic E-state index is 0.119. The number of thioether (sulfide) groups is 1. The molecule has 1 atom stereocenters. The maximum absolute atomic E-state index is 5.11. The van der Waals surface area contributed by atoms with Crippen LogP contribution in [0, 0.1) is 0 Å². The van der Waals surface area contributed by atoms with E-state index < -0.39 is 0 Å². The molecule has 2 heterocycles. The Bertz CT molecular complexity index is 2180. The number of hydrogen-bond donors (Lipinski definition) is 0. The topological polar surface area (TPSA) is 25.8 Å². The van der Waals surface area contributed by atoms with E-state index in [4.69, 9.17) is 9.97 Å². The zero-order valence-electron chi connectivity index (χ0n) is 27.5. The van der Waals surface area contributed by atoms with Crippen LogP contribution in [0.1, 0.15) is 49.9 Å². The number of hydrogen-bond acceptors (Lipinski definition) is 3. The first-order valence-corrected chi connectivity index (χ1v) is 17.8. The van der Waals surface area contributed by atoms with Crippen molar-refractivity contribution in [2.75, 3.05) is 0 Å². The van der Waals surface area contributed by atoms with E-state index in [2.05, 4.69) is 142 Å². The normalized spacial score (nSPS) is 16.8. The molecule has 0 N–H and O–H groups in total. The van der Waals surface area contributed by atoms with Gasteiger partial charge < -0.3 is 0 Å². The van der Waals surface area contributed by atoms with Gasteiger partial charge in [0.1, 0.15) is 0 Å². The van der Waals surface area contributed by atoms with Crippen LogP contribution < -0.4 is 0 Å². The second-order valence-electron chi connectivity index (χ2n) is 12.8. The van der Waals surface area contributed by atoms with Crippen LogP contribution >= 0.6 is 11.8 Å². The highest BCUT2D eigenvalue weighted by molar-refractivity contribution is 8.03. The third-order valence-electron chi connectivity index (χ3n) is 10.1. The summed E-state index contributed by atoms with van der Waals surface area (Å²) in [6.45, 7) is 8.55. The second kappa shape index (κ2) is 12.6. The van der Waals surface area contributed by atoms with Crippen LogP contribution in [0.3, 0.4) is 0 Å². The van der Waals surface area contributed by atoms with Gasteiger partial charge in [0.05, 0.1) is 16.3 Å². The van der Waals surface area contributed by atoms with Crippen LogP contribution in [0.15, 0.2) is 150 Å². The minimum Gasteiger partial charge on any atom is -0.231 e. The lowest BCUT2D eigenvalue weighted by atomic mass is 9.72. The molecule has 3 heteroatoms. The molecule has 5 aromatic carbocycles. The van der Waals surface area contributed by atoms with Crippen molar-refractivity contribution in [1.82, 2.24) is 9.97 Å². The fourth-order valence-electron chi connectivity index (χ4n) is 7.77. The molecule has 0 amide bonds. The van der Waals surface area contributed by atoms with Crippen LogP contribution in [-0.4, -0.2) is 9.97 Å². The Labute approximate surface area is 288 Å². The number of aromatic nitrogens is 2. The molecule has 8 rings (SSSR count). The maximum Gasteiger partial charge on any atom is 0.160 e. The van der Waals surface area contributed by atoms with Gasteiger partial charge in [-0.15, -0.1) is 0 Å². The number of nitrogens with zero attached hydrogens (tertiary/aromatic N) is 2. The average Bonchev–Trinajstić information content (AvgIpc) is 3.68. The number of allylic oxidation sites excluding steroid dienone is 3. The molecule has 0 saturated heterocycles. The molecule has 2 aliphatic rings. The van der Waals surface area contributed by atoms with E-state index in [1.807, 2.05) is 12.1 Å². The van der Waals surface area contributed by atoms with E-state index >= 15 is 0 Å². The van der Waals surface area contributed by atoms with Crippen molar-refractivity contribution in [3.63, 3.8) is 0 Å². The smallest absolute Gasteiger partial charge is 0.160 e. The molecule has 234 valence electrons. The molecule has 2 nitrogen and oxygen atoms in total. The van der Waals surface area contributed by atoms with Gasteiger partial charge in [-0.1, -0.05) is 166 Å². The first-order valence-electron chi connectivity index (χ1n) is 17.0. The first-order chi connectivity index (χ1) is 23.6. The Morgan fingerprint density at radius 2 is 1.29 bits per heavy atom. The van der Waals surface area contributed by atoms with E-state index in [9.17, 15) is 0 Å². The van der Waals surface area contributed by atoms with Gasteiger partial charge in [-0.05, 0) is 68.3 Å². The van der Waals surface area contributed by atoms with E-state index in [0.717, 1.165) is 46.1 Å². The highest BCUT2D eigenvalue weighted by Crippen LogP contribution is 2.54. The summed E-state index contributed by atoms with van der Waals surface area (Å²) in [5.74, 6) is 0.763. The van der Waals surface area contributed by atoms with E-state index in [0.29, 0.717) is 0 Å². The van der Waals surface area contributed by atoms with Gasteiger partial charge in [0.2, 0.25) is 0 Å². The minimum atomic E-state index is 0.119. The predicted molar refractivity (Wildman–Crippen MR) is 203 cm³/mol. The Morgan fingerprint density at radius 3 is 1.98 bits per heavy atom. The zero-order valence-corrected chi connectivity index (χ0v) is 28.4. The van der Waals surface area contributed by atoms with Crippen molar-refractivity contribution in [2.24, 2.45) is 0 Å². The fourth-order valence-corrected chi connectivity index (χ4v) is 8.90. The summed E-state index contributed by atoms with van der Waals surface area (Å²) >= 11 is 1.76. The van der Waals surface area contributed by atoms with E-state index in [1.165, 1.54) is 62.3 Å². The third-order valence-corrected chi connectivity index (χ3v) is 11.3. The average molecular weight is 639 g/mol. The summed E-state index contributed by atoms with van der Waals surface area (Å²) in [6.07, 6.45) is 8.21. The van der Waals surface area contributed by atoms with E-state index in [1.54, 1.807) is 11.8 Å². The zero-order chi connectivity index (χ0) is 32.7. The van der Waals surface area contributed by atoms with Crippen molar-refractivity contribution in [3.05, 3.63) is 162 Å². The molecular formula is C45H38N2S. The lowest BCUT2D eigenvalue weighted by molar-refractivity contribution is 0.461. The molecule has 0 radical (unpaired) electrons. The summed E-state index contributed by atoms with van der Waals surface area (Å²) in [5, 5.41) is 0. The highest BCUT2D eigenvalue weighted by atomic mass is 32.2. The Hall–Kier alpha value is -4.99. The highest BCUT2D eigenvalue weighted by Gasteiger charge is 2.40. The monoisotopic (exact) mass is 638 g/mol. The quantitative estimate of drug-likeness (QED) is 0.166. The Kier molecular flexibility index (Phi) is 7.94. The molecule has 48 heavy (non-hydrogen) atoms. The predicted octanol–water partition coefficient (Wildman–Crippen LogP) is 12.3. The van der Waals surface area contributed by atoms with Crippen LogP contribution in [0.2, 0.25) is 0 Å². The van der Waals surface area contributed by atoms with Gasteiger partial charge in [-0.25, -0.2) is 9.97 Å². The first kappa shape index (κ1) is 30.4. The van der Waals surface area contributed by atoms with Gasteiger partial charge in [-0.2, -0.15) is 0 Å². The molecule has 6 aromatic rings. The van der Waals surface area contributed by atoms with Crippen molar-refractivity contribution in [1.29, 1.82) is 0 Å². The summed E-state index contributed by atoms with van der Waals surface area (Å²) in [4.78, 5) is 12.5. The number of rotatable bonds is 8. The molecule has 1 aliphatic carbocycles. The standard InChI is InChI=1S/C45H38N2S/c1-4-12-36-29-41-43(48-36)42(33-13-8-7-9-14-33)47-44(46-41)34-23-21-31(22-24-34)30-17-19-32(20-18-30)35-25-26-40-38(28-35)37-15-10-11-16-39(37)45(40,6-3)27-5-2/h4,7-26,28H,1,5-6,27,29H2,2-3H3/b36-12+. The van der Waals surface area contributed by atoms with Gasteiger partial charge in [0, 0.05) is 23.0 Å². The van der Waals surface area contributed by atoms with Gasteiger partial charge in [0.15, 0.2) is 5.82 Å². The molecule has 0 saturated carbocycles. The molecule has 0 spiro atoms. The molecule has 1 aliphatic heterocycles. The third kappa shape index (κ3) is 5.14. The largest absolute Gasteiger partial charge is 0.231 e. The molecule has 0 bridgehead atoms. The van der Waals surface area contributed by atoms with Crippen LogP contribution in [0.4, 0.5) is 0 Å². The molecule has 1 unspecified atom stereocenters. The molecule has 1 aromatic heterocycles. The van der Waals surface area contributed by atoms with Crippen molar-refractivity contribution >= 4 is 11.8 Å². The maximum atomic E-state index is 5.11. The summed E-state index contributed by atoms with van der Waals surface area (Å²) in [5.41, 5.74) is 15.0. The number of benzene rings is 5.